The molecule has 0 aliphatic carbocycles. The van der Waals surface area contributed by atoms with Crippen molar-refractivity contribution in [2.75, 3.05) is 25.1 Å². The maximum Gasteiger partial charge on any atom is 0.303 e. The van der Waals surface area contributed by atoms with Gasteiger partial charge in [0.05, 0.1) is 12.3 Å². The van der Waals surface area contributed by atoms with E-state index in [-0.39, 0.29) is 31.1 Å². The molecule has 0 aromatic heterocycles. The Bertz CT molecular complexity index is 699. The molecule has 28 heavy (non-hydrogen) atoms. The van der Waals surface area contributed by atoms with Crippen LogP contribution in [0.15, 0.2) is 12.1 Å². The van der Waals surface area contributed by atoms with E-state index in [1.54, 1.807) is 12.1 Å². The maximum atomic E-state index is 11.8. The normalized spacial score (nSPS) is 14.8. The molecule has 0 spiro atoms. The Morgan fingerprint density at radius 2 is 1.96 bits per heavy atom. The number of aliphatic hydroxyl groups excluding tert-OH is 1. The van der Waals surface area contributed by atoms with Gasteiger partial charge < -0.3 is 30.3 Å². The van der Waals surface area contributed by atoms with Gasteiger partial charge >= 0.3 is 5.97 Å². The average Bonchev–Trinajstić information content (AvgIpc) is 2.61. The molecule has 1 aliphatic rings. The quantitative estimate of drug-likeness (QED) is 0.448. The predicted octanol–water partition coefficient (Wildman–Crippen LogP) is 1.94. The van der Waals surface area contributed by atoms with E-state index in [1.807, 2.05) is 20.8 Å². The summed E-state index contributed by atoms with van der Waals surface area (Å²) in [6, 6.07) is 3.45. The van der Waals surface area contributed by atoms with Crippen molar-refractivity contribution >= 4 is 17.6 Å². The lowest BCUT2D eigenvalue weighted by molar-refractivity contribution is -0.137. The molecule has 1 amide bonds. The van der Waals surface area contributed by atoms with Gasteiger partial charge in [0.2, 0.25) is 5.91 Å². The van der Waals surface area contributed by atoms with Crippen molar-refractivity contribution in [2.24, 2.45) is 0 Å². The van der Waals surface area contributed by atoms with Crippen molar-refractivity contribution in [1.82, 2.24) is 5.32 Å². The highest BCUT2D eigenvalue weighted by molar-refractivity contribution is 5.96. The molecule has 1 aromatic rings. The van der Waals surface area contributed by atoms with Crippen LogP contribution in [-0.2, 0) is 16.0 Å². The minimum Gasteiger partial charge on any atom is -0.491 e. The van der Waals surface area contributed by atoms with Gasteiger partial charge in [-0.1, -0.05) is 0 Å². The second kappa shape index (κ2) is 9.75. The number of fused-ring (bicyclic) bond motifs is 1. The van der Waals surface area contributed by atoms with Crippen LogP contribution >= 0.6 is 0 Å². The van der Waals surface area contributed by atoms with Gasteiger partial charge in [0.1, 0.15) is 24.2 Å². The first-order valence-electron chi connectivity index (χ1n) is 9.52. The number of carbonyl (C=O) groups is 2. The van der Waals surface area contributed by atoms with Crippen LogP contribution < -0.4 is 20.1 Å². The van der Waals surface area contributed by atoms with Gasteiger partial charge in [-0.15, -0.1) is 0 Å². The van der Waals surface area contributed by atoms with Crippen molar-refractivity contribution in [3.63, 3.8) is 0 Å². The predicted molar refractivity (Wildman–Crippen MR) is 105 cm³/mol. The first-order valence-corrected chi connectivity index (χ1v) is 9.52. The Morgan fingerprint density at radius 1 is 1.25 bits per heavy atom. The van der Waals surface area contributed by atoms with Crippen LogP contribution in [0.3, 0.4) is 0 Å². The van der Waals surface area contributed by atoms with Crippen molar-refractivity contribution in [3.8, 4) is 11.5 Å². The number of carbonyl (C=O) groups excluding carboxylic acids is 1. The van der Waals surface area contributed by atoms with Gasteiger partial charge in [-0.3, -0.25) is 9.59 Å². The highest BCUT2D eigenvalue weighted by Gasteiger charge is 2.23. The molecule has 1 aromatic carbocycles. The lowest BCUT2D eigenvalue weighted by Gasteiger charge is -2.25. The topological polar surface area (TPSA) is 117 Å². The zero-order chi connectivity index (χ0) is 20.7. The number of benzene rings is 1. The fourth-order valence-electron chi connectivity index (χ4n) is 2.76. The molecule has 8 nitrogen and oxygen atoms in total. The summed E-state index contributed by atoms with van der Waals surface area (Å²) in [5.74, 6) is 0.120. The van der Waals surface area contributed by atoms with Gasteiger partial charge in [-0.05, 0) is 45.7 Å². The lowest BCUT2D eigenvalue weighted by Crippen LogP contribution is -2.42. The largest absolute Gasteiger partial charge is 0.491 e. The van der Waals surface area contributed by atoms with Crippen molar-refractivity contribution in [2.45, 2.75) is 58.1 Å². The van der Waals surface area contributed by atoms with Crippen molar-refractivity contribution in [1.29, 1.82) is 0 Å². The number of carboxylic acid groups (broad SMARTS) is 1. The number of aliphatic carboxylic acids is 1. The van der Waals surface area contributed by atoms with Crippen LogP contribution in [0.2, 0.25) is 0 Å². The Morgan fingerprint density at radius 3 is 2.64 bits per heavy atom. The molecule has 0 fully saturated rings. The van der Waals surface area contributed by atoms with Gasteiger partial charge in [0.25, 0.3) is 0 Å². The van der Waals surface area contributed by atoms with Gasteiger partial charge in [-0.2, -0.15) is 0 Å². The molecule has 1 aliphatic heterocycles. The number of aliphatic hydroxyl groups is 1. The molecule has 1 heterocycles. The smallest absolute Gasteiger partial charge is 0.303 e. The Balaban J connectivity index is 2.02. The summed E-state index contributed by atoms with van der Waals surface area (Å²) in [6.07, 6.45) is 0.596. The van der Waals surface area contributed by atoms with E-state index < -0.39 is 12.1 Å². The number of rotatable bonds is 10. The highest BCUT2D eigenvalue weighted by atomic mass is 16.5. The molecule has 0 radical (unpaired) electrons. The molecule has 2 rings (SSSR count). The fraction of sp³-hybridized carbons (Fsp3) is 0.600. The number of β-amino-alcohol motifs (C(OH)–C–C–N with tert-alkyl or cyclic N) is 1. The number of nitrogens with one attached hydrogen (secondary N) is 2. The molecule has 0 saturated heterocycles. The molecule has 1 atom stereocenters. The van der Waals surface area contributed by atoms with Crippen molar-refractivity contribution in [3.05, 3.63) is 17.7 Å². The van der Waals surface area contributed by atoms with E-state index in [4.69, 9.17) is 14.6 Å². The van der Waals surface area contributed by atoms with Crippen LogP contribution in [-0.4, -0.2) is 53.5 Å². The third-order valence-electron chi connectivity index (χ3n) is 4.19. The highest BCUT2D eigenvalue weighted by Crippen LogP contribution is 2.39. The summed E-state index contributed by atoms with van der Waals surface area (Å²) in [4.78, 5) is 22.4. The summed E-state index contributed by atoms with van der Waals surface area (Å²) in [5, 5.41) is 24.9. The zero-order valence-electron chi connectivity index (χ0n) is 16.7. The molecule has 0 bridgehead atoms. The van der Waals surface area contributed by atoms with Crippen LogP contribution in [0.25, 0.3) is 0 Å². The van der Waals surface area contributed by atoms with E-state index in [0.29, 0.717) is 43.0 Å². The number of ether oxygens (including phenoxy) is 2. The Labute approximate surface area is 165 Å². The molecular weight excluding hydrogens is 364 g/mol. The summed E-state index contributed by atoms with van der Waals surface area (Å²) < 4.78 is 11.5. The van der Waals surface area contributed by atoms with E-state index >= 15 is 0 Å². The maximum absolute atomic E-state index is 11.8. The molecule has 4 N–H and O–H groups in total. The number of hydrogen-bond donors (Lipinski definition) is 4. The summed E-state index contributed by atoms with van der Waals surface area (Å²) in [6.45, 7) is 6.85. The van der Waals surface area contributed by atoms with Crippen LogP contribution in [0.4, 0.5) is 5.69 Å². The number of hydrogen-bond acceptors (Lipinski definition) is 6. The first-order chi connectivity index (χ1) is 13.2. The van der Waals surface area contributed by atoms with Crippen LogP contribution in [0, 0.1) is 0 Å². The summed E-state index contributed by atoms with van der Waals surface area (Å²) in [7, 11) is 0. The minimum atomic E-state index is -0.873. The van der Waals surface area contributed by atoms with Crippen LogP contribution in [0.5, 0.6) is 11.5 Å². The molecule has 156 valence electrons. The second-order valence-electron chi connectivity index (χ2n) is 7.91. The molecule has 1 unspecified atom stereocenters. The lowest BCUT2D eigenvalue weighted by atomic mass is 10.0. The Kier molecular flexibility index (Phi) is 7.65. The van der Waals surface area contributed by atoms with Crippen LogP contribution in [0.1, 0.15) is 45.6 Å². The van der Waals surface area contributed by atoms with Gasteiger partial charge in [0.15, 0.2) is 0 Å². The van der Waals surface area contributed by atoms with E-state index in [0.717, 1.165) is 5.56 Å². The average molecular weight is 394 g/mol. The second-order valence-corrected chi connectivity index (χ2v) is 7.91. The van der Waals surface area contributed by atoms with E-state index in [9.17, 15) is 14.7 Å². The third-order valence-corrected chi connectivity index (χ3v) is 4.19. The Hall–Kier alpha value is -2.32. The SMILES string of the molecule is CC(C)(C)NCC(O)COc1ccc(OCCCC(=O)O)c2c1CCC(=O)N2. The van der Waals surface area contributed by atoms with E-state index in [2.05, 4.69) is 10.6 Å². The van der Waals surface area contributed by atoms with E-state index in [1.165, 1.54) is 0 Å². The first kappa shape index (κ1) is 22.0. The van der Waals surface area contributed by atoms with Gasteiger partial charge in [0, 0.05) is 30.5 Å². The molecule has 0 saturated carbocycles. The minimum absolute atomic E-state index is 0.0240. The van der Waals surface area contributed by atoms with Gasteiger partial charge in [-0.25, -0.2) is 0 Å². The number of carboxylic acids is 1. The zero-order valence-corrected chi connectivity index (χ0v) is 16.7. The van der Waals surface area contributed by atoms with Crippen molar-refractivity contribution < 1.29 is 29.3 Å². The fourth-order valence-corrected chi connectivity index (χ4v) is 2.76. The molecule has 8 heteroatoms. The number of anilines is 1. The number of amides is 1. The summed E-state index contributed by atoms with van der Waals surface area (Å²) in [5.41, 5.74) is 1.29. The standard InChI is InChI=1S/C20H30N2O6/c1-20(2,3)21-11-13(23)12-28-15-7-8-16(27-10-4-5-18(25)26)19-14(15)6-9-17(24)22-19/h7-8,13,21,23H,4-6,9-12H2,1-3H3,(H,22,24)(H,25,26). The third kappa shape index (κ3) is 7.01. The monoisotopic (exact) mass is 394 g/mol. The summed E-state index contributed by atoms with van der Waals surface area (Å²) >= 11 is 0. The molecular formula is C20H30N2O6.